The number of benzene rings is 17. The molecule has 3 aliphatic rings. The van der Waals surface area contributed by atoms with Crippen molar-refractivity contribution in [2.24, 2.45) is 0 Å². The van der Waals surface area contributed by atoms with E-state index < -0.39 is 0 Å². The zero-order valence-corrected chi connectivity index (χ0v) is 76.9. The Morgan fingerprint density at radius 2 is 0.486 bits per heavy atom. The number of rotatable bonds is 6. The van der Waals surface area contributed by atoms with Gasteiger partial charge in [0.15, 0.2) is 17.5 Å². The minimum atomic E-state index is 0.743. The Balaban J connectivity index is 0.0000000986. The molecule has 144 heavy (non-hydrogen) atoms. The van der Waals surface area contributed by atoms with Crippen molar-refractivity contribution in [2.75, 3.05) is 0 Å². The van der Waals surface area contributed by atoms with E-state index in [4.69, 9.17) is 44.9 Å². The molecule has 666 valence electrons. The zero-order valence-electron chi connectivity index (χ0n) is 76.9. The smallest absolute Gasteiger partial charge is 0.167 e. The lowest BCUT2D eigenvalue weighted by atomic mass is 9.92. The third kappa shape index (κ3) is 11.7. The van der Waals surface area contributed by atoms with E-state index >= 15 is 0 Å². The summed E-state index contributed by atoms with van der Waals surface area (Å²) < 4.78 is 13.9. The van der Waals surface area contributed by atoms with Gasteiger partial charge in [-0.1, -0.05) is 231 Å². The van der Waals surface area contributed by atoms with Crippen molar-refractivity contribution in [3.8, 4) is 135 Å². The lowest BCUT2D eigenvalue weighted by molar-refractivity contribution is 1.06. The molecule has 0 saturated carbocycles. The second-order valence-corrected chi connectivity index (χ2v) is 37.3. The first-order valence-corrected chi connectivity index (χ1v) is 48.5. The number of para-hydroxylation sites is 13. The molecular formula is C128H74N16. The van der Waals surface area contributed by atoms with E-state index in [-0.39, 0.29) is 0 Å². The summed E-state index contributed by atoms with van der Waals surface area (Å²) in [5.41, 5.74) is 40.6. The van der Waals surface area contributed by atoms with Gasteiger partial charge in [-0.15, -0.1) is 0 Å². The predicted molar refractivity (Wildman–Crippen MR) is 585 cm³/mol. The van der Waals surface area contributed by atoms with Crippen molar-refractivity contribution in [3.63, 3.8) is 0 Å². The Morgan fingerprint density at radius 1 is 0.160 bits per heavy atom. The summed E-state index contributed by atoms with van der Waals surface area (Å²) >= 11 is 0. The molecule has 30 aromatic rings. The van der Waals surface area contributed by atoms with E-state index in [9.17, 15) is 0 Å². The van der Waals surface area contributed by atoms with Crippen LogP contribution in [0.4, 0.5) is 0 Å². The van der Waals surface area contributed by atoms with Gasteiger partial charge in [-0.05, 0) is 227 Å². The molecule has 0 spiro atoms. The Hall–Kier alpha value is -19.8. The first-order valence-electron chi connectivity index (χ1n) is 48.5. The number of hydrogen-bond donors (Lipinski definition) is 0. The van der Waals surface area contributed by atoms with Gasteiger partial charge in [0, 0.05) is 134 Å². The molecule has 16 heterocycles. The largest absolute Gasteiger partial charge is 0.309 e. The molecule has 13 aromatic heterocycles. The molecule has 0 atom stereocenters. The van der Waals surface area contributed by atoms with Gasteiger partial charge in [-0.25, -0.2) is 34.9 Å². The second kappa shape index (κ2) is 30.8. The summed E-state index contributed by atoms with van der Waals surface area (Å²) in [6.45, 7) is 0. The topological polar surface area (TPSA) is 158 Å². The SMILES string of the molecule is c1ccc(-n2c3ccccc3c3ccc(-c4cc5c6c(c4)c4ccccc4n6-c4nc6ccccc6nc4-c4cccnc4-5)cc32)cc1.c1ccc(-n2c3ccccc3c3ccc(-c4cc5c6c(c4)c4cccnc4n6-c4nc6ccccc6nc4-c4ncccc4-5)cc32)cc1.c1cncc(-n2c3ccccc3c3ccc(-c4cc5c6c(c4)c4ccccc4n6-c4nc6ccccc6nc4-c4ccccc4-5)cc32)c1. The fourth-order valence-electron chi connectivity index (χ4n) is 23.3. The van der Waals surface area contributed by atoms with Crippen LogP contribution in [-0.2, 0) is 0 Å². The highest BCUT2D eigenvalue weighted by Crippen LogP contribution is 2.54. The van der Waals surface area contributed by atoms with Crippen LogP contribution in [0.5, 0.6) is 0 Å². The third-order valence-corrected chi connectivity index (χ3v) is 29.5. The van der Waals surface area contributed by atoms with E-state index in [1.165, 1.54) is 87.0 Å². The average Bonchev–Trinajstić information content (AvgIpc) is 1.55. The zero-order chi connectivity index (χ0) is 94.0. The molecule has 16 nitrogen and oxygen atoms in total. The molecule has 0 fully saturated rings. The number of aromatic nitrogens is 16. The Bertz CT molecular complexity index is 9820. The van der Waals surface area contributed by atoms with Gasteiger partial charge >= 0.3 is 0 Å². The van der Waals surface area contributed by atoms with Gasteiger partial charge in [0.25, 0.3) is 0 Å². The Labute approximate surface area is 820 Å². The van der Waals surface area contributed by atoms with Gasteiger partial charge in [-0.2, -0.15) is 0 Å². The highest BCUT2D eigenvalue weighted by atomic mass is 15.2. The maximum Gasteiger partial charge on any atom is 0.167 e. The van der Waals surface area contributed by atoms with Crippen LogP contribution in [0.2, 0.25) is 0 Å². The minimum Gasteiger partial charge on any atom is -0.309 e. The number of hydrogen-bond acceptors (Lipinski definition) is 10. The standard InChI is InChI=1S/2C43H25N5.C42H24N6/c1-2-14-33-29(11-1)34-22-27(26-19-20-32-30-12-3-7-17-38(30)47(40(32)24-26)28-10-9-21-44-25-28)23-35-31-13-4-8-18-39(31)48(42(34)35)43-41(33)45-36-15-5-6-16-37(36)46-43;1-2-11-28(12-3-1)47-37-18-8-4-13-29(37)31-21-20-26(25-39(31)47)27-23-33-30-14-5-9-19-38(30)48-42(33)34(24-27)40-32(15-10-22-44-40)41-43(48)46-36-17-7-6-16-35(36)45-41;1-2-10-27(11-3-1)47-36-17-7-4-12-28(36)29-19-18-25(24-37(29)47)26-22-32-30-13-8-20-43-38(30)39-42(46-35-16-6-5-15-34(35)45-39)48-40(32)33(23-26)31-14-9-21-44-41(31)48/h2*1-25H;1-24H. The molecule has 33 rings (SSSR count). The van der Waals surface area contributed by atoms with Crippen LogP contribution >= 0.6 is 0 Å². The summed E-state index contributed by atoms with van der Waals surface area (Å²) in [6.07, 6.45) is 9.34. The van der Waals surface area contributed by atoms with E-state index in [1.807, 2.05) is 128 Å². The number of nitrogens with zero attached hydrogens (tertiary/aromatic N) is 16. The van der Waals surface area contributed by atoms with Crippen molar-refractivity contribution in [3.05, 3.63) is 450 Å². The summed E-state index contributed by atoms with van der Waals surface area (Å²) in [6, 6.07) is 149. The van der Waals surface area contributed by atoms with Crippen molar-refractivity contribution < 1.29 is 0 Å². The second-order valence-electron chi connectivity index (χ2n) is 37.3. The summed E-state index contributed by atoms with van der Waals surface area (Å²) in [5, 5.41) is 14.3. The van der Waals surface area contributed by atoms with Crippen LogP contribution < -0.4 is 0 Å². The third-order valence-electron chi connectivity index (χ3n) is 29.5. The van der Waals surface area contributed by atoms with Crippen molar-refractivity contribution in [2.45, 2.75) is 0 Å². The molecule has 0 amide bonds. The first-order chi connectivity index (χ1) is 71.4. The molecule has 17 aromatic carbocycles. The molecule has 0 bridgehead atoms. The first kappa shape index (κ1) is 79.2. The number of pyridine rings is 4. The molecule has 3 aliphatic heterocycles. The lowest BCUT2D eigenvalue weighted by Crippen LogP contribution is -2.03. The Morgan fingerprint density at radius 3 is 0.979 bits per heavy atom. The van der Waals surface area contributed by atoms with Crippen LogP contribution in [0.25, 0.3) is 299 Å². The molecular weight excluding hydrogens is 1760 g/mol. The highest BCUT2D eigenvalue weighted by molar-refractivity contribution is 6.23. The molecule has 16 heteroatoms. The predicted octanol–water partition coefficient (Wildman–Crippen LogP) is 31.0. The van der Waals surface area contributed by atoms with Crippen LogP contribution in [0.3, 0.4) is 0 Å². The fraction of sp³-hybridized carbons (Fsp3) is 0. The summed E-state index contributed by atoms with van der Waals surface area (Å²) in [4.78, 5) is 50.8. The minimum absolute atomic E-state index is 0.743. The number of fused-ring (bicyclic) bond motifs is 36. The van der Waals surface area contributed by atoms with Crippen LogP contribution in [0.1, 0.15) is 0 Å². The average molecular weight is 1840 g/mol. The normalized spacial score (nSPS) is 12.2. The molecule has 0 aliphatic carbocycles. The van der Waals surface area contributed by atoms with E-state index in [0.29, 0.717) is 0 Å². The summed E-state index contributed by atoms with van der Waals surface area (Å²) in [5.74, 6) is 2.43. The van der Waals surface area contributed by atoms with E-state index in [1.54, 1.807) is 0 Å². The van der Waals surface area contributed by atoms with E-state index in [2.05, 4.69) is 354 Å². The van der Waals surface area contributed by atoms with Crippen molar-refractivity contribution in [1.82, 2.24) is 77.2 Å². The molecule has 0 N–H and O–H groups in total. The van der Waals surface area contributed by atoms with Crippen LogP contribution in [0, 0.1) is 0 Å². The van der Waals surface area contributed by atoms with Crippen LogP contribution in [-0.4, -0.2) is 77.2 Å². The monoisotopic (exact) mass is 1830 g/mol. The van der Waals surface area contributed by atoms with Gasteiger partial charge in [0.05, 0.1) is 111 Å². The fourth-order valence-corrected chi connectivity index (χ4v) is 23.3. The van der Waals surface area contributed by atoms with Crippen molar-refractivity contribution in [1.29, 1.82) is 0 Å². The molecule has 0 radical (unpaired) electrons. The van der Waals surface area contributed by atoms with Crippen LogP contribution in [0.15, 0.2) is 450 Å². The molecule has 0 unspecified atom stereocenters. The highest BCUT2D eigenvalue weighted by Gasteiger charge is 2.34. The molecule has 0 saturated heterocycles. The Kier molecular flexibility index (Phi) is 17.0. The maximum atomic E-state index is 5.29. The van der Waals surface area contributed by atoms with Gasteiger partial charge in [0.2, 0.25) is 0 Å². The van der Waals surface area contributed by atoms with Gasteiger partial charge in [-0.3, -0.25) is 28.7 Å². The quantitative estimate of drug-likeness (QED) is 0.157. The summed E-state index contributed by atoms with van der Waals surface area (Å²) in [7, 11) is 0. The van der Waals surface area contributed by atoms with Crippen molar-refractivity contribution >= 4 is 164 Å². The van der Waals surface area contributed by atoms with Gasteiger partial charge in [0.1, 0.15) is 28.4 Å². The van der Waals surface area contributed by atoms with E-state index in [0.717, 1.165) is 212 Å². The maximum absolute atomic E-state index is 5.29. The lowest BCUT2D eigenvalue weighted by Gasteiger charge is -2.12. The van der Waals surface area contributed by atoms with Gasteiger partial charge < -0.3 is 13.7 Å².